The van der Waals surface area contributed by atoms with Gasteiger partial charge in [0.2, 0.25) is 0 Å². The van der Waals surface area contributed by atoms with Crippen LogP contribution in [0.15, 0.2) is 24.3 Å². The van der Waals surface area contributed by atoms with E-state index in [1.54, 1.807) is 0 Å². The van der Waals surface area contributed by atoms with Crippen molar-refractivity contribution in [2.75, 3.05) is 27.3 Å². The average Bonchev–Trinajstić information content (AvgIpc) is 2.42. The molecule has 1 rings (SSSR count). The molecule has 1 aromatic rings. The number of amides is 2. The predicted molar refractivity (Wildman–Crippen MR) is 74.4 cm³/mol. The molecule has 0 unspecified atom stereocenters. The van der Waals surface area contributed by atoms with Crippen LogP contribution in [-0.2, 0) is 15.9 Å². The van der Waals surface area contributed by atoms with Crippen molar-refractivity contribution in [3.8, 4) is 0 Å². The minimum Gasteiger partial charge on any atom is -0.354 e. The van der Waals surface area contributed by atoms with Gasteiger partial charge in [-0.3, -0.25) is 0 Å². The van der Waals surface area contributed by atoms with Gasteiger partial charge >= 0.3 is 6.03 Å². The van der Waals surface area contributed by atoms with Gasteiger partial charge in [0, 0.05) is 25.8 Å². The fourth-order valence-electron chi connectivity index (χ4n) is 1.47. The summed E-state index contributed by atoms with van der Waals surface area (Å²) >= 11 is 5.79. The van der Waals surface area contributed by atoms with Gasteiger partial charge in [-0.2, -0.15) is 0 Å². The number of hydrogen-bond donors (Lipinski definition) is 2. The van der Waals surface area contributed by atoms with Crippen molar-refractivity contribution in [2.24, 2.45) is 0 Å². The molecule has 0 bridgehead atoms. The first-order valence-corrected chi connectivity index (χ1v) is 6.35. The summed E-state index contributed by atoms with van der Waals surface area (Å²) in [5.74, 6) is 0. The van der Waals surface area contributed by atoms with E-state index in [2.05, 4.69) is 10.6 Å². The smallest absolute Gasteiger partial charge is 0.314 e. The van der Waals surface area contributed by atoms with E-state index >= 15 is 0 Å². The van der Waals surface area contributed by atoms with E-state index in [1.807, 2.05) is 24.3 Å². The third kappa shape index (κ3) is 6.42. The highest BCUT2D eigenvalue weighted by Crippen LogP contribution is 2.09. The summed E-state index contributed by atoms with van der Waals surface area (Å²) in [5.41, 5.74) is 1.12. The minimum atomic E-state index is -0.429. The lowest BCUT2D eigenvalue weighted by Crippen LogP contribution is -2.41. The van der Waals surface area contributed by atoms with Gasteiger partial charge in [0.25, 0.3) is 0 Å². The molecule has 6 heteroatoms. The molecule has 0 spiro atoms. The third-order valence-electron chi connectivity index (χ3n) is 2.57. The van der Waals surface area contributed by atoms with Crippen molar-refractivity contribution in [1.82, 2.24) is 10.6 Å². The number of halogens is 1. The van der Waals surface area contributed by atoms with Gasteiger partial charge in [0.15, 0.2) is 6.29 Å². The summed E-state index contributed by atoms with van der Waals surface area (Å²) in [7, 11) is 3.04. The van der Waals surface area contributed by atoms with Gasteiger partial charge in [-0.1, -0.05) is 23.7 Å². The van der Waals surface area contributed by atoms with Crippen molar-refractivity contribution >= 4 is 17.6 Å². The molecule has 0 radical (unpaired) electrons. The molecule has 19 heavy (non-hydrogen) atoms. The molecule has 0 aliphatic carbocycles. The molecule has 0 fully saturated rings. The molecular formula is C13H19ClN2O3. The lowest BCUT2D eigenvalue weighted by atomic mass is 10.1. The minimum absolute atomic E-state index is 0.243. The Hall–Kier alpha value is -1.30. The van der Waals surface area contributed by atoms with Crippen molar-refractivity contribution < 1.29 is 14.3 Å². The molecule has 5 nitrogen and oxygen atoms in total. The Morgan fingerprint density at radius 3 is 2.42 bits per heavy atom. The van der Waals surface area contributed by atoms with E-state index in [-0.39, 0.29) is 6.03 Å². The number of methoxy groups -OCH3 is 2. The molecule has 2 N–H and O–H groups in total. The Kier molecular flexibility index (Phi) is 7.25. The van der Waals surface area contributed by atoms with Crippen LogP contribution in [-0.4, -0.2) is 39.6 Å². The van der Waals surface area contributed by atoms with E-state index < -0.39 is 6.29 Å². The summed E-state index contributed by atoms with van der Waals surface area (Å²) in [6.45, 7) is 0.859. The van der Waals surface area contributed by atoms with E-state index in [9.17, 15) is 4.79 Å². The molecule has 106 valence electrons. The molecule has 2 amide bonds. The number of carbonyl (C=O) groups is 1. The van der Waals surface area contributed by atoms with Crippen LogP contribution in [0, 0.1) is 0 Å². The number of ether oxygens (including phenoxy) is 2. The SMILES string of the molecule is COC(CNC(=O)NCCc1ccc(Cl)cc1)OC. The number of urea groups is 1. The standard InChI is InChI=1S/C13H19ClN2O3/c1-18-12(19-2)9-16-13(17)15-8-7-10-3-5-11(14)6-4-10/h3-6,12H,7-9H2,1-2H3,(H2,15,16,17). The fraction of sp³-hybridized carbons (Fsp3) is 0.462. The number of rotatable bonds is 7. The quantitative estimate of drug-likeness (QED) is 0.752. The molecule has 0 aliphatic heterocycles. The van der Waals surface area contributed by atoms with Crippen LogP contribution in [0.5, 0.6) is 0 Å². The van der Waals surface area contributed by atoms with E-state index in [0.29, 0.717) is 18.1 Å². The number of nitrogens with one attached hydrogen (secondary N) is 2. The maximum Gasteiger partial charge on any atom is 0.314 e. The number of hydrogen-bond acceptors (Lipinski definition) is 3. The zero-order valence-electron chi connectivity index (χ0n) is 11.1. The van der Waals surface area contributed by atoms with E-state index in [0.717, 1.165) is 12.0 Å². The summed E-state index contributed by atoms with van der Waals surface area (Å²) in [6, 6.07) is 7.30. The van der Waals surface area contributed by atoms with Gasteiger partial charge < -0.3 is 20.1 Å². The average molecular weight is 287 g/mol. The van der Waals surface area contributed by atoms with E-state index in [1.165, 1.54) is 14.2 Å². The summed E-state index contributed by atoms with van der Waals surface area (Å²) < 4.78 is 9.92. The molecule has 0 saturated heterocycles. The monoisotopic (exact) mass is 286 g/mol. The maximum atomic E-state index is 11.5. The Bertz CT molecular complexity index is 380. The van der Waals surface area contributed by atoms with Crippen LogP contribution < -0.4 is 10.6 Å². The second-order valence-electron chi connectivity index (χ2n) is 3.91. The highest BCUT2D eigenvalue weighted by atomic mass is 35.5. The molecule has 0 atom stereocenters. The summed E-state index contributed by atoms with van der Waals surface area (Å²) in [6.07, 6.45) is 0.324. The van der Waals surface area contributed by atoms with Crippen LogP contribution in [0.2, 0.25) is 5.02 Å². The first-order chi connectivity index (χ1) is 9.15. The van der Waals surface area contributed by atoms with Gasteiger partial charge in [0.05, 0.1) is 6.54 Å². The lowest BCUT2D eigenvalue weighted by molar-refractivity contribution is -0.0971. The highest BCUT2D eigenvalue weighted by molar-refractivity contribution is 6.30. The van der Waals surface area contributed by atoms with Crippen LogP contribution in [0.3, 0.4) is 0 Å². The largest absolute Gasteiger partial charge is 0.354 e. The first-order valence-electron chi connectivity index (χ1n) is 5.97. The van der Waals surface area contributed by atoms with Crippen LogP contribution in [0.4, 0.5) is 4.79 Å². The Labute approximate surface area is 118 Å². The second-order valence-corrected chi connectivity index (χ2v) is 4.35. The topological polar surface area (TPSA) is 59.6 Å². The molecule has 0 aromatic heterocycles. The lowest BCUT2D eigenvalue weighted by Gasteiger charge is -2.14. The van der Waals surface area contributed by atoms with Crippen molar-refractivity contribution in [2.45, 2.75) is 12.7 Å². The maximum absolute atomic E-state index is 11.5. The van der Waals surface area contributed by atoms with Gasteiger partial charge in [-0.15, -0.1) is 0 Å². The summed E-state index contributed by atoms with van der Waals surface area (Å²) in [5, 5.41) is 6.12. The predicted octanol–water partition coefficient (Wildman–Crippen LogP) is 1.80. The van der Waals surface area contributed by atoms with Crippen molar-refractivity contribution in [3.63, 3.8) is 0 Å². The zero-order valence-corrected chi connectivity index (χ0v) is 11.9. The van der Waals surface area contributed by atoms with Crippen LogP contribution >= 0.6 is 11.6 Å². The second kappa shape index (κ2) is 8.74. The molecule has 0 aliphatic rings. The van der Waals surface area contributed by atoms with Crippen LogP contribution in [0.25, 0.3) is 0 Å². The number of carbonyl (C=O) groups excluding carboxylic acids is 1. The Balaban J connectivity index is 2.18. The number of benzene rings is 1. The summed E-state index contributed by atoms with van der Waals surface area (Å²) in [4.78, 5) is 11.5. The van der Waals surface area contributed by atoms with E-state index in [4.69, 9.17) is 21.1 Å². The first kappa shape index (κ1) is 15.8. The molecule has 1 aromatic carbocycles. The van der Waals surface area contributed by atoms with Gasteiger partial charge in [-0.25, -0.2) is 4.79 Å². The van der Waals surface area contributed by atoms with Crippen molar-refractivity contribution in [3.05, 3.63) is 34.9 Å². The Morgan fingerprint density at radius 1 is 1.21 bits per heavy atom. The normalized spacial score (nSPS) is 10.5. The molecule has 0 heterocycles. The zero-order chi connectivity index (χ0) is 14.1. The van der Waals surface area contributed by atoms with Crippen molar-refractivity contribution in [1.29, 1.82) is 0 Å². The van der Waals surface area contributed by atoms with Gasteiger partial charge in [0.1, 0.15) is 0 Å². The molecular weight excluding hydrogens is 268 g/mol. The van der Waals surface area contributed by atoms with Gasteiger partial charge in [-0.05, 0) is 24.1 Å². The Morgan fingerprint density at radius 2 is 1.84 bits per heavy atom. The third-order valence-corrected chi connectivity index (χ3v) is 2.82. The van der Waals surface area contributed by atoms with Crippen LogP contribution in [0.1, 0.15) is 5.56 Å². The molecule has 0 saturated carbocycles. The fourth-order valence-corrected chi connectivity index (χ4v) is 1.60. The highest BCUT2D eigenvalue weighted by Gasteiger charge is 2.06.